The van der Waals surface area contributed by atoms with Crippen molar-refractivity contribution in [2.45, 2.75) is 76.5 Å². The number of carbonyl (C=O) groups is 1. The van der Waals surface area contributed by atoms with Gasteiger partial charge in [-0.1, -0.05) is 49.8 Å². The van der Waals surface area contributed by atoms with E-state index in [1.165, 1.54) is 22.3 Å². The lowest BCUT2D eigenvalue weighted by atomic mass is 9.50. The molecule has 2 aliphatic carbocycles. The summed E-state index contributed by atoms with van der Waals surface area (Å²) >= 11 is 0. The first-order valence-corrected chi connectivity index (χ1v) is 12.3. The molecule has 3 atom stereocenters. The number of rotatable bonds is 3. The first-order chi connectivity index (χ1) is 15.1. The van der Waals surface area contributed by atoms with Crippen LogP contribution in [0.15, 0.2) is 29.8 Å². The SMILES string of the molecule is COC(C)(C)/C=C/c1cccc2c1CC1=C2CC23CN4CCCC4(CC2C1(C)C)C(=O)N3. The number of hydrogen-bond acceptors (Lipinski definition) is 3. The van der Waals surface area contributed by atoms with E-state index in [0.717, 1.165) is 45.2 Å². The molecule has 6 aliphatic rings. The number of nitrogens with zero attached hydrogens (tertiary/aromatic N) is 1. The molecule has 7 rings (SSSR count). The van der Waals surface area contributed by atoms with Gasteiger partial charge >= 0.3 is 0 Å². The first-order valence-electron chi connectivity index (χ1n) is 12.3. The number of allylic oxidation sites excluding steroid dienone is 1. The Morgan fingerprint density at radius 2 is 2.09 bits per heavy atom. The lowest BCUT2D eigenvalue weighted by Gasteiger charge is -2.66. The minimum absolute atomic E-state index is 0.0781. The smallest absolute Gasteiger partial charge is 0.241 e. The lowest BCUT2D eigenvalue weighted by Crippen LogP contribution is -2.81. The molecule has 4 saturated heterocycles. The van der Waals surface area contributed by atoms with Crippen molar-refractivity contribution in [3.63, 3.8) is 0 Å². The summed E-state index contributed by atoms with van der Waals surface area (Å²) in [5.41, 5.74) is 6.68. The molecule has 4 heteroatoms. The first kappa shape index (κ1) is 20.7. The van der Waals surface area contributed by atoms with Gasteiger partial charge in [0.15, 0.2) is 0 Å². The summed E-state index contributed by atoms with van der Waals surface area (Å²) in [7, 11) is 1.76. The van der Waals surface area contributed by atoms with Gasteiger partial charge in [-0.05, 0) is 86.1 Å². The maximum Gasteiger partial charge on any atom is 0.241 e. The van der Waals surface area contributed by atoms with Crippen LogP contribution < -0.4 is 5.32 Å². The van der Waals surface area contributed by atoms with Crippen LogP contribution in [0.5, 0.6) is 0 Å². The molecule has 2 bridgehead atoms. The van der Waals surface area contributed by atoms with Gasteiger partial charge in [-0.15, -0.1) is 0 Å². The molecule has 1 N–H and O–H groups in total. The van der Waals surface area contributed by atoms with Crippen LogP contribution in [0.2, 0.25) is 0 Å². The van der Waals surface area contributed by atoms with Crippen LogP contribution in [0.4, 0.5) is 0 Å². The van der Waals surface area contributed by atoms with Gasteiger partial charge in [-0.2, -0.15) is 0 Å². The fraction of sp³-hybridized carbons (Fsp3) is 0.607. The normalized spacial score (nSPS) is 35.0. The minimum Gasteiger partial charge on any atom is -0.375 e. The number of benzene rings is 1. The van der Waals surface area contributed by atoms with Crippen molar-refractivity contribution in [1.29, 1.82) is 0 Å². The third-order valence-corrected chi connectivity index (χ3v) is 9.68. The van der Waals surface area contributed by atoms with Crippen LogP contribution in [0, 0.1) is 11.3 Å². The second-order valence-electron chi connectivity index (χ2n) is 12.0. The summed E-state index contributed by atoms with van der Waals surface area (Å²) in [5, 5.41) is 3.61. The van der Waals surface area contributed by atoms with Gasteiger partial charge in [0.2, 0.25) is 5.91 Å². The molecule has 4 heterocycles. The fourth-order valence-corrected chi connectivity index (χ4v) is 7.76. The highest BCUT2D eigenvalue weighted by Crippen LogP contribution is 2.63. The number of hydrogen-bond donors (Lipinski definition) is 1. The monoisotopic (exact) mass is 432 g/mol. The van der Waals surface area contributed by atoms with Crippen molar-refractivity contribution in [3.05, 3.63) is 46.5 Å². The van der Waals surface area contributed by atoms with Gasteiger partial charge in [0.25, 0.3) is 0 Å². The highest BCUT2D eigenvalue weighted by atomic mass is 16.5. The number of piperazine rings is 1. The zero-order valence-electron chi connectivity index (χ0n) is 20.2. The quantitative estimate of drug-likeness (QED) is 0.760. The van der Waals surface area contributed by atoms with Crippen molar-refractivity contribution in [2.24, 2.45) is 11.3 Å². The van der Waals surface area contributed by atoms with Crippen molar-refractivity contribution in [3.8, 4) is 0 Å². The topological polar surface area (TPSA) is 41.6 Å². The van der Waals surface area contributed by atoms with E-state index >= 15 is 0 Å². The number of amides is 1. The molecule has 3 unspecified atom stereocenters. The van der Waals surface area contributed by atoms with Gasteiger partial charge in [-0.25, -0.2) is 0 Å². The second kappa shape index (κ2) is 6.36. The van der Waals surface area contributed by atoms with Crippen LogP contribution in [-0.2, 0) is 16.0 Å². The van der Waals surface area contributed by atoms with Crippen molar-refractivity contribution in [2.75, 3.05) is 20.2 Å². The Morgan fingerprint density at radius 3 is 2.88 bits per heavy atom. The molecule has 170 valence electrons. The molecule has 1 aromatic rings. The Kier molecular flexibility index (Phi) is 4.11. The van der Waals surface area contributed by atoms with Crippen LogP contribution >= 0.6 is 0 Å². The molecular formula is C28H36N2O2. The van der Waals surface area contributed by atoms with Crippen LogP contribution in [0.1, 0.15) is 70.1 Å². The highest BCUT2D eigenvalue weighted by molar-refractivity contribution is 5.91. The van der Waals surface area contributed by atoms with Crippen LogP contribution in [0.25, 0.3) is 11.6 Å². The number of methoxy groups -OCH3 is 1. The summed E-state index contributed by atoms with van der Waals surface area (Å²) in [6.07, 6.45) is 9.60. The third kappa shape index (κ3) is 2.54. The maximum absolute atomic E-state index is 13.3. The predicted molar refractivity (Wildman–Crippen MR) is 128 cm³/mol. The fourth-order valence-electron chi connectivity index (χ4n) is 7.76. The second-order valence-corrected chi connectivity index (χ2v) is 12.0. The van der Waals surface area contributed by atoms with Crippen LogP contribution in [0.3, 0.4) is 0 Å². The number of piperidine rings is 2. The summed E-state index contributed by atoms with van der Waals surface area (Å²) < 4.78 is 5.61. The summed E-state index contributed by atoms with van der Waals surface area (Å²) in [6.45, 7) is 11.2. The van der Waals surface area contributed by atoms with Gasteiger partial charge in [0.1, 0.15) is 5.54 Å². The minimum atomic E-state index is -0.282. The molecule has 0 radical (unpaired) electrons. The van der Waals surface area contributed by atoms with E-state index in [1.807, 2.05) is 0 Å². The molecule has 0 aromatic heterocycles. The zero-order valence-corrected chi connectivity index (χ0v) is 20.2. The molecule has 2 spiro atoms. The Labute approximate surface area is 192 Å². The molecule has 4 nitrogen and oxygen atoms in total. The van der Waals surface area contributed by atoms with Gasteiger partial charge in [0.05, 0.1) is 11.1 Å². The number of nitrogens with one attached hydrogen (secondary N) is 1. The molecular weight excluding hydrogens is 396 g/mol. The average Bonchev–Trinajstić information content (AvgIpc) is 3.34. The average molecular weight is 433 g/mol. The van der Waals surface area contributed by atoms with Crippen molar-refractivity contribution < 1.29 is 9.53 Å². The van der Waals surface area contributed by atoms with E-state index in [9.17, 15) is 4.79 Å². The number of carbonyl (C=O) groups excluding carboxylic acids is 1. The standard InChI is InChI=1S/C28H36N2O2/c1-25(2,32-5)12-10-18-8-6-9-19-20(18)14-22-21(19)15-27-17-30-13-7-11-28(30,24(31)29-27)16-23(27)26(22,3)4/h6,8-10,12,23H,7,11,13-17H2,1-5H3,(H,29,31)/b12-10+. The summed E-state index contributed by atoms with van der Waals surface area (Å²) in [5.74, 6) is 0.801. The van der Waals surface area contributed by atoms with Crippen LogP contribution in [-0.4, -0.2) is 47.7 Å². The summed E-state index contributed by atoms with van der Waals surface area (Å²) in [6, 6.07) is 6.73. The Morgan fingerprint density at radius 1 is 1.28 bits per heavy atom. The Bertz CT molecular complexity index is 1080. The number of fused-ring (bicyclic) bond motifs is 3. The van der Waals surface area contributed by atoms with Gasteiger partial charge in [-0.3, -0.25) is 9.69 Å². The summed E-state index contributed by atoms with van der Waals surface area (Å²) in [4.78, 5) is 15.9. The number of ether oxygens (including phenoxy) is 1. The molecule has 0 saturated carbocycles. The van der Waals surface area contributed by atoms with E-state index in [-0.39, 0.29) is 22.1 Å². The molecule has 4 aliphatic heterocycles. The maximum atomic E-state index is 13.3. The van der Waals surface area contributed by atoms with E-state index in [2.05, 4.69) is 68.3 Å². The van der Waals surface area contributed by atoms with E-state index < -0.39 is 0 Å². The van der Waals surface area contributed by atoms with Gasteiger partial charge < -0.3 is 10.1 Å². The van der Waals surface area contributed by atoms with E-state index in [4.69, 9.17) is 4.74 Å². The molecule has 32 heavy (non-hydrogen) atoms. The Hall–Kier alpha value is -1.91. The molecule has 4 fully saturated rings. The largest absolute Gasteiger partial charge is 0.375 e. The molecule has 1 amide bonds. The Balaban J connectivity index is 1.43. The highest BCUT2D eigenvalue weighted by Gasteiger charge is 2.68. The van der Waals surface area contributed by atoms with E-state index in [0.29, 0.717) is 11.8 Å². The zero-order chi connectivity index (χ0) is 22.5. The lowest BCUT2D eigenvalue weighted by molar-refractivity contribution is -0.161. The van der Waals surface area contributed by atoms with Gasteiger partial charge in [0, 0.05) is 13.7 Å². The third-order valence-electron chi connectivity index (χ3n) is 9.68. The predicted octanol–water partition coefficient (Wildman–Crippen LogP) is 4.59. The van der Waals surface area contributed by atoms with Crippen molar-refractivity contribution in [1.82, 2.24) is 10.2 Å². The van der Waals surface area contributed by atoms with E-state index in [1.54, 1.807) is 12.7 Å². The van der Waals surface area contributed by atoms with Crippen molar-refractivity contribution >= 4 is 17.6 Å². The molecule has 1 aromatic carbocycles.